The quantitative estimate of drug-likeness (QED) is 0.735. The summed E-state index contributed by atoms with van der Waals surface area (Å²) in [4.78, 5) is 0. The molecule has 1 aromatic rings. The summed E-state index contributed by atoms with van der Waals surface area (Å²) < 4.78 is 0. The van der Waals surface area contributed by atoms with Gasteiger partial charge in [-0.2, -0.15) is 0 Å². The van der Waals surface area contributed by atoms with Gasteiger partial charge in [0.25, 0.3) is 0 Å². The average molecular weight is 214 g/mol. The zero-order valence-corrected chi connectivity index (χ0v) is 9.14. The molecule has 0 heterocycles. The molecule has 0 aliphatic heterocycles. The van der Waals surface area contributed by atoms with Crippen LogP contribution in [0.15, 0.2) is 18.2 Å². The second-order valence-electron chi connectivity index (χ2n) is 3.34. The summed E-state index contributed by atoms with van der Waals surface area (Å²) in [6.45, 7) is 3.92. The summed E-state index contributed by atoms with van der Waals surface area (Å²) in [7, 11) is 0. The number of rotatable bonds is 5. The van der Waals surface area contributed by atoms with Gasteiger partial charge in [-0.15, -0.1) is 0 Å². The molecule has 0 saturated heterocycles. The summed E-state index contributed by atoms with van der Waals surface area (Å²) in [6.07, 6.45) is 0.798. The zero-order valence-electron chi connectivity index (χ0n) is 8.39. The van der Waals surface area contributed by atoms with E-state index in [1.165, 1.54) is 5.56 Å². The van der Waals surface area contributed by atoms with Gasteiger partial charge in [0.15, 0.2) is 0 Å². The Morgan fingerprint density at radius 3 is 2.86 bits per heavy atom. The highest BCUT2D eigenvalue weighted by Gasteiger charge is 1.96. The van der Waals surface area contributed by atoms with Gasteiger partial charge >= 0.3 is 0 Å². The van der Waals surface area contributed by atoms with Crippen LogP contribution < -0.4 is 5.32 Å². The second-order valence-corrected chi connectivity index (χ2v) is 3.74. The van der Waals surface area contributed by atoms with Crippen molar-refractivity contribution in [2.24, 2.45) is 0 Å². The molecule has 0 atom stereocenters. The molecule has 14 heavy (non-hydrogen) atoms. The summed E-state index contributed by atoms with van der Waals surface area (Å²) in [5.74, 6) is 0. The minimum Gasteiger partial charge on any atom is -0.396 e. The molecule has 0 radical (unpaired) electrons. The first-order valence-corrected chi connectivity index (χ1v) is 5.18. The smallest absolute Gasteiger partial charge is 0.0443 e. The van der Waals surface area contributed by atoms with Crippen molar-refractivity contribution in [1.29, 1.82) is 0 Å². The molecule has 78 valence electrons. The average Bonchev–Trinajstić information content (AvgIpc) is 2.18. The minimum atomic E-state index is 0.243. The molecule has 1 rings (SSSR count). The maximum Gasteiger partial charge on any atom is 0.0443 e. The number of hydrogen-bond donors (Lipinski definition) is 2. The first kappa shape index (κ1) is 11.5. The number of aliphatic hydroxyl groups is 1. The maximum atomic E-state index is 8.59. The lowest BCUT2D eigenvalue weighted by molar-refractivity contribution is 0.286. The molecule has 0 aliphatic rings. The van der Waals surface area contributed by atoms with Gasteiger partial charge in [0.2, 0.25) is 0 Å². The van der Waals surface area contributed by atoms with Gasteiger partial charge in [-0.1, -0.05) is 23.7 Å². The van der Waals surface area contributed by atoms with Crippen molar-refractivity contribution < 1.29 is 5.11 Å². The van der Waals surface area contributed by atoms with E-state index < -0.39 is 0 Å². The van der Waals surface area contributed by atoms with Crippen LogP contribution in [0.2, 0.25) is 5.02 Å². The number of aryl methyl sites for hydroxylation is 1. The van der Waals surface area contributed by atoms with Crippen LogP contribution in [0.25, 0.3) is 0 Å². The van der Waals surface area contributed by atoms with E-state index in [0.29, 0.717) is 0 Å². The van der Waals surface area contributed by atoms with E-state index in [-0.39, 0.29) is 6.61 Å². The molecule has 3 heteroatoms. The fourth-order valence-corrected chi connectivity index (χ4v) is 1.37. The van der Waals surface area contributed by atoms with E-state index in [2.05, 4.69) is 11.4 Å². The van der Waals surface area contributed by atoms with E-state index in [1.54, 1.807) is 0 Å². The normalized spacial score (nSPS) is 10.5. The lowest BCUT2D eigenvalue weighted by Crippen LogP contribution is -2.15. The van der Waals surface area contributed by atoms with Crippen molar-refractivity contribution in [3.05, 3.63) is 34.3 Å². The molecule has 0 unspecified atom stereocenters. The van der Waals surface area contributed by atoms with Gasteiger partial charge in [-0.3, -0.25) is 0 Å². The molecule has 0 spiro atoms. The molecule has 0 fully saturated rings. The summed E-state index contributed by atoms with van der Waals surface area (Å²) in [5, 5.41) is 12.6. The Kier molecular flexibility index (Phi) is 4.94. The molecule has 0 amide bonds. The summed E-state index contributed by atoms with van der Waals surface area (Å²) >= 11 is 5.91. The van der Waals surface area contributed by atoms with Crippen LogP contribution in [0.5, 0.6) is 0 Å². The zero-order chi connectivity index (χ0) is 10.4. The van der Waals surface area contributed by atoms with Crippen molar-refractivity contribution in [1.82, 2.24) is 5.32 Å². The van der Waals surface area contributed by atoms with E-state index in [4.69, 9.17) is 16.7 Å². The molecule has 1 aromatic carbocycles. The molecule has 0 aromatic heterocycles. The van der Waals surface area contributed by atoms with Crippen LogP contribution in [0, 0.1) is 6.92 Å². The Bertz CT molecular complexity index is 289. The third-order valence-electron chi connectivity index (χ3n) is 2.06. The van der Waals surface area contributed by atoms with Gasteiger partial charge in [-0.05, 0) is 37.1 Å². The first-order valence-electron chi connectivity index (χ1n) is 4.80. The molecule has 2 N–H and O–H groups in total. The van der Waals surface area contributed by atoms with Crippen LogP contribution >= 0.6 is 11.6 Å². The summed E-state index contributed by atoms with van der Waals surface area (Å²) in [6, 6.07) is 6.01. The third kappa shape index (κ3) is 3.66. The van der Waals surface area contributed by atoms with Crippen molar-refractivity contribution >= 4 is 11.6 Å². The topological polar surface area (TPSA) is 32.3 Å². The van der Waals surface area contributed by atoms with Gasteiger partial charge < -0.3 is 10.4 Å². The summed E-state index contributed by atoms with van der Waals surface area (Å²) in [5.41, 5.74) is 2.33. The minimum absolute atomic E-state index is 0.243. The Morgan fingerprint density at radius 1 is 1.43 bits per heavy atom. The number of benzene rings is 1. The number of aliphatic hydroxyl groups excluding tert-OH is 1. The molecule has 0 aliphatic carbocycles. The largest absolute Gasteiger partial charge is 0.396 e. The van der Waals surface area contributed by atoms with E-state index in [0.717, 1.165) is 30.1 Å². The van der Waals surface area contributed by atoms with Crippen LogP contribution in [0.3, 0.4) is 0 Å². The fraction of sp³-hybridized carbons (Fsp3) is 0.455. The Balaban J connectivity index is 2.39. The number of halogens is 1. The highest BCUT2D eigenvalue weighted by Crippen LogP contribution is 2.15. The van der Waals surface area contributed by atoms with E-state index >= 15 is 0 Å². The SMILES string of the molecule is Cc1cc(CNCCCO)ccc1Cl. The first-order chi connectivity index (χ1) is 6.74. The van der Waals surface area contributed by atoms with Gasteiger partial charge in [0, 0.05) is 18.2 Å². The highest BCUT2D eigenvalue weighted by molar-refractivity contribution is 6.31. The molecule has 0 bridgehead atoms. The van der Waals surface area contributed by atoms with Crippen LogP contribution in [0.4, 0.5) is 0 Å². The second kappa shape index (κ2) is 6.02. The molecular weight excluding hydrogens is 198 g/mol. The third-order valence-corrected chi connectivity index (χ3v) is 2.49. The van der Waals surface area contributed by atoms with Gasteiger partial charge in [0.05, 0.1) is 0 Å². The Morgan fingerprint density at radius 2 is 2.21 bits per heavy atom. The standard InChI is InChI=1S/C11H16ClNO/c1-9-7-10(3-4-11(9)12)8-13-5-2-6-14/h3-4,7,13-14H,2,5-6,8H2,1H3. The van der Waals surface area contributed by atoms with Crippen molar-refractivity contribution in [2.45, 2.75) is 19.9 Å². The van der Waals surface area contributed by atoms with Gasteiger partial charge in [0.1, 0.15) is 0 Å². The maximum absolute atomic E-state index is 8.59. The molecule has 2 nitrogen and oxygen atoms in total. The van der Waals surface area contributed by atoms with Crippen molar-refractivity contribution in [3.8, 4) is 0 Å². The number of nitrogens with one attached hydrogen (secondary N) is 1. The van der Waals surface area contributed by atoms with Crippen LogP contribution in [0.1, 0.15) is 17.5 Å². The monoisotopic (exact) mass is 213 g/mol. The fourth-order valence-electron chi connectivity index (χ4n) is 1.25. The number of hydrogen-bond acceptors (Lipinski definition) is 2. The predicted molar refractivity (Wildman–Crippen MR) is 59.6 cm³/mol. The highest BCUT2D eigenvalue weighted by atomic mass is 35.5. The van der Waals surface area contributed by atoms with Gasteiger partial charge in [-0.25, -0.2) is 0 Å². The van der Waals surface area contributed by atoms with Crippen molar-refractivity contribution in [3.63, 3.8) is 0 Å². The molecular formula is C11H16ClNO. The van der Waals surface area contributed by atoms with Crippen LogP contribution in [-0.4, -0.2) is 18.3 Å². The van der Waals surface area contributed by atoms with E-state index in [1.807, 2.05) is 19.1 Å². The Labute approximate surface area is 89.9 Å². The molecule has 0 saturated carbocycles. The van der Waals surface area contributed by atoms with E-state index in [9.17, 15) is 0 Å². The lowest BCUT2D eigenvalue weighted by Gasteiger charge is -2.05. The van der Waals surface area contributed by atoms with Crippen molar-refractivity contribution in [2.75, 3.05) is 13.2 Å². The lowest BCUT2D eigenvalue weighted by atomic mass is 10.1. The Hall–Kier alpha value is -0.570. The predicted octanol–water partition coefficient (Wildman–Crippen LogP) is 2.12. The van der Waals surface area contributed by atoms with Crippen LogP contribution in [-0.2, 0) is 6.54 Å².